The molecule has 0 bridgehead atoms. The molecule has 1 aromatic carbocycles. The van der Waals surface area contributed by atoms with E-state index >= 15 is 0 Å². The van der Waals surface area contributed by atoms with Crippen molar-refractivity contribution >= 4 is 17.5 Å². The third kappa shape index (κ3) is 4.22. The zero-order valence-electron chi connectivity index (χ0n) is 14.5. The Hall–Kier alpha value is -2.63. The smallest absolute Gasteiger partial charge is 0.243 e. The molecule has 2 aromatic rings. The van der Waals surface area contributed by atoms with Crippen molar-refractivity contribution in [3.8, 4) is 0 Å². The van der Waals surface area contributed by atoms with Gasteiger partial charge >= 0.3 is 0 Å². The summed E-state index contributed by atoms with van der Waals surface area (Å²) in [4.78, 5) is 25.9. The van der Waals surface area contributed by atoms with Crippen LogP contribution in [0.25, 0.3) is 0 Å². The van der Waals surface area contributed by atoms with Crippen LogP contribution in [0.4, 0.5) is 5.69 Å². The van der Waals surface area contributed by atoms with Gasteiger partial charge in [0.15, 0.2) is 0 Å². The zero-order valence-corrected chi connectivity index (χ0v) is 14.5. The number of nitrogens with one attached hydrogen (secondary N) is 1. The van der Waals surface area contributed by atoms with E-state index in [-0.39, 0.29) is 24.8 Å². The molecule has 0 saturated carbocycles. The summed E-state index contributed by atoms with van der Waals surface area (Å²) in [5.74, 6) is 0.268. The van der Waals surface area contributed by atoms with Crippen molar-refractivity contribution < 1.29 is 14.1 Å². The molecule has 1 aromatic heterocycles. The maximum absolute atomic E-state index is 12.3. The van der Waals surface area contributed by atoms with Gasteiger partial charge < -0.3 is 14.7 Å². The number of aryl methyl sites for hydroxylation is 3. The highest BCUT2D eigenvalue weighted by Gasteiger charge is 2.18. The molecule has 1 heterocycles. The number of rotatable bonds is 6. The molecule has 24 heavy (non-hydrogen) atoms. The van der Waals surface area contributed by atoms with Crippen molar-refractivity contribution in [3.63, 3.8) is 0 Å². The molecule has 0 aliphatic heterocycles. The summed E-state index contributed by atoms with van der Waals surface area (Å²) in [5.41, 5.74) is 3.34. The standard InChI is InChI=1S/C18H23N3O3/c1-5-14-8-6-7-9-16(14)19-17(22)11-21(4)18(23)10-15-12(2)20-24-13(15)3/h6-9H,5,10-11H2,1-4H3,(H,19,22). The number of nitrogens with zero attached hydrogens (tertiary/aromatic N) is 2. The van der Waals surface area contributed by atoms with Crippen LogP contribution >= 0.6 is 0 Å². The Morgan fingerprint density at radius 2 is 1.96 bits per heavy atom. The summed E-state index contributed by atoms with van der Waals surface area (Å²) in [7, 11) is 1.62. The zero-order chi connectivity index (χ0) is 17.7. The summed E-state index contributed by atoms with van der Waals surface area (Å²) in [6, 6.07) is 7.65. The first-order chi connectivity index (χ1) is 11.4. The molecule has 1 N–H and O–H groups in total. The van der Waals surface area contributed by atoms with Crippen molar-refractivity contribution in [2.75, 3.05) is 18.9 Å². The lowest BCUT2D eigenvalue weighted by molar-refractivity contribution is -0.132. The molecule has 0 radical (unpaired) electrons. The lowest BCUT2D eigenvalue weighted by Gasteiger charge is -2.17. The number of para-hydroxylation sites is 1. The van der Waals surface area contributed by atoms with Gasteiger partial charge in [-0.05, 0) is 31.9 Å². The third-order valence-corrected chi connectivity index (χ3v) is 3.99. The first-order valence-corrected chi connectivity index (χ1v) is 7.95. The van der Waals surface area contributed by atoms with Gasteiger partial charge in [0, 0.05) is 18.3 Å². The minimum absolute atomic E-state index is 0.000255. The fraction of sp³-hybridized carbons (Fsp3) is 0.389. The number of carbonyl (C=O) groups excluding carboxylic acids is 2. The van der Waals surface area contributed by atoms with E-state index in [0.29, 0.717) is 11.5 Å². The monoisotopic (exact) mass is 329 g/mol. The van der Waals surface area contributed by atoms with E-state index in [2.05, 4.69) is 10.5 Å². The molecule has 6 heteroatoms. The molecule has 0 unspecified atom stereocenters. The number of benzene rings is 1. The minimum atomic E-state index is -0.217. The van der Waals surface area contributed by atoms with Crippen LogP contribution in [0.3, 0.4) is 0 Å². The Bertz CT molecular complexity index is 717. The molecule has 0 spiro atoms. The van der Waals surface area contributed by atoms with Gasteiger partial charge in [-0.15, -0.1) is 0 Å². The summed E-state index contributed by atoms with van der Waals surface area (Å²) in [5, 5.41) is 6.70. The predicted octanol–water partition coefficient (Wildman–Crippen LogP) is 2.49. The second-order valence-corrected chi connectivity index (χ2v) is 5.79. The SMILES string of the molecule is CCc1ccccc1NC(=O)CN(C)C(=O)Cc1c(C)noc1C. The molecular weight excluding hydrogens is 306 g/mol. The topological polar surface area (TPSA) is 75.4 Å². The maximum Gasteiger partial charge on any atom is 0.243 e. The summed E-state index contributed by atoms with van der Waals surface area (Å²) in [6.07, 6.45) is 1.01. The average Bonchev–Trinajstić information content (AvgIpc) is 2.87. The van der Waals surface area contributed by atoms with Crippen LogP contribution < -0.4 is 5.32 Å². The Morgan fingerprint density at radius 1 is 1.25 bits per heavy atom. The lowest BCUT2D eigenvalue weighted by atomic mass is 10.1. The molecule has 0 aliphatic carbocycles. The Labute approximate surface area is 141 Å². The second kappa shape index (κ2) is 7.77. The van der Waals surface area contributed by atoms with Crippen LogP contribution in [0.1, 0.15) is 29.5 Å². The molecule has 0 saturated heterocycles. The lowest BCUT2D eigenvalue weighted by Crippen LogP contribution is -2.36. The first-order valence-electron chi connectivity index (χ1n) is 7.95. The van der Waals surface area contributed by atoms with Gasteiger partial charge in [-0.1, -0.05) is 30.3 Å². The number of aromatic nitrogens is 1. The molecule has 2 rings (SSSR count). The van der Waals surface area contributed by atoms with E-state index in [1.165, 1.54) is 4.90 Å². The van der Waals surface area contributed by atoms with E-state index in [0.717, 1.165) is 23.2 Å². The highest BCUT2D eigenvalue weighted by Crippen LogP contribution is 2.16. The number of amides is 2. The summed E-state index contributed by atoms with van der Waals surface area (Å²) in [6.45, 7) is 5.61. The van der Waals surface area contributed by atoms with Crippen LogP contribution in [0.5, 0.6) is 0 Å². The van der Waals surface area contributed by atoms with Crippen molar-refractivity contribution in [1.82, 2.24) is 10.1 Å². The van der Waals surface area contributed by atoms with E-state index in [1.54, 1.807) is 20.9 Å². The van der Waals surface area contributed by atoms with E-state index < -0.39 is 0 Å². The molecule has 6 nitrogen and oxygen atoms in total. The third-order valence-electron chi connectivity index (χ3n) is 3.99. The Morgan fingerprint density at radius 3 is 2.58 bits per heavy atom. The number of likely N-dealkylation sites (N-methyl/N-ethyl adjacent to an activating group) is 1. The number of hydrogen-bond donors (Lipinski definition) is 1. The average molecular weight is 329 g/mol. The van der Waals surface area contributed by atoms with Crippen LogP contribution in [-0.2, 0) is 22.4 Å². The van der Waals surface area contributed by atoms with Gasteiger partial charge in [-0.3, -0.25) is 9.59 Å². The van der Waals surface area contributed by atoms with Crippen LogP contribution in [0.2, 0.25) is 0 Å². The summed E-state index contributed by atoms with van der Waals surface area (Å²) < 4.78 is 5.06. The Kier molecular flexibility index (Phi) is 5.73. The fourth-order valence-corrected chi connectivity index (χ4v) is 2.48. The Balaban J connectivity index is 1.95. The van der Waals surface area contributed by atoms with Crippen LogP contribution in [0, 0.1) is 13.8 Å². The molecule has 0 fully saturated rings. The predicted molar refractivity (Wildman–Crippen MR) is 91.8 cm³/mol. The number of anilines is 1. The van der Waals surface area contributed by atoms with Crippen LogP contribution in [-0.4, -0.2) is 35.5 Å². The number of carbonyl (C=O) groups is 2. The summed E-state index contributed by atoms with van der Waals surface area (Å²) >= 11 is 0. The highest BCUT2D eigenvalue weighted by atomic mass is 16.5. The molecule has 2 amide bonds. The van der Waals surface area contributed by atoms with Gasteiger partial charge in [0.25, 0.3) is 0 Å². The fourth-order valence-electron chi connectivity index (χ4n) is 2.48. The van der Waals surface area contributed by atoms with Gasteiger partial charge in [0.1, 0.15) is 5.76 Å². The van der Waals surface area contributed by atoms with Gasteiger partial charge in [0.05, 0.1) is 18.7 Å². The van der Waals surface area contributed by atoms with Gasteiger partial charge in [-0.25, -0.2) is 0 Å². The van der Waals surface area contributed by atoms with Crippen molar-refractivity contribution in [2.24, 2.45) is 0 Å². The van der Waals surface area contributed by atoms with Gasteiger partial charge in [0.2, 0.25) is 11.8 Å². The normalized spacial score (nSPS) is 10.5. The molecular formula is C18H23N3O3. The quantitative estimate of drug-likeness (QED) is 0.883. The number of hydrogen-bond acceptors (Lipinski definition) is 4. The van der Waals surface area contributed by atoms with E-state index in [9.17, 15) is 9.59 Å². The van der Waals surface area contributed by atoms with Crippen molar-refractivity contribution in [2.45, 2.75) is 33.6 Å². The minimum Gasteiger partial charge on any atom is -0.361 e. The molecule has 0 aliphatic rings. The van der Waals surface area contributed by atoms with Crippen molar-refractivity contribution in [1.29, 1.82) is 0 Å². The van der Waals surface area contributed by atoms with E-state index in [1.807, 2.05) is 31.2 Å². The highest BCUT2D eigenvalue weighted by molar-refractivity contribution is 5.95. The first kappa shape index (κ1) is 17.7. The van der Waals surface area contributed by atoms with E-state index in [4.69, 9.17) is 4.52 Å². The largest absolute Gasteiger partial charge is 0.361 e. The second-order valence-electron chi connectivity index (χ2n) is 5.79. The molecule has 128 valence electrons. The maximum atomic E-state index is 12.3. The van der Waals surface area contributed by atoms with Gasteiger partial charge in [-0.2, -0.15) is 0 Å². The molecule has 0 atom stereocenters. The van der Waals surface area contributed by atoms with Crippen LogP contribution in [0.15, 0.2) is 28.8 Å². The van der Waals surface area contributed by atoms with Crippen molar-refractivity contribution in [3.05, 3.63) is 46.8 Å².